The van der Waals surface area contributed by atoms with E-state index in [0.717, 1.165) is 17.8 Å². The largest absolute Gasteiger partial charge is 0.330 e. The van der Waals surface area contributed by atoms with E-state index in [4.69, 9.17) is 12.2 Å². The topological polar surface area (TPSA) is 41.1 Å². The highest BCUT2D eigenvalue weighted by atomic mass is 79.9. The number of amides is 1. The summed E-state index contributed by atoms with van der Waals surface area (Å²) in [6.45, 7) is 0. The minimum Gasteiger partial charge on any atom is -0.330 e. The molecule has 2 N–H and O–H groups in total. The molecule has 0 spiro atoms. The van der Waals surface area contributed by atoms with Crippen LogP contribution in [0.1, 0.15) is 44.9 Å². The van der Waals surface area contributed by atoms with Gasteiger partial charge in [-0.1, -0.05) is 15.9 Å². The van der Waals surface area contributed by atoms with E-state index in [9.17, 15) is 9.18 Å². The Morgan fingerprint density at radius 3 is 2.36 bits per heavy atom. The summed E-state index contributed by atoms with van der Waals surface area (Å²) in [7, 11) is 0. The highest BCUT2D eigenvalue weighted by Gasteiger charge is 2.51. The Kier molecular flexibility index (Phi) is 4.61. The van der Waals surface area contributed by atoms with Crippen molar-refractivity contribution in [2.75, 3.05) is 5.32 Å². The van der Waals surface area contributed by atoms with Gasteiger partial charge in [0, 0.05) is 10.9 Å². The number of carbonyl (C=O) groups is 1. The van der Waals surface area contributed by atoms with E-state index in [-0.39, 0.29) is 22.1 Å². The lowest BCUT2D eigenvalue weighted by molar-refractivity contribution is -0.127. The van der Waals surface area contributed by atoms with Gasteiger partial charge in [-0.3, -0.25) is 4.79 Å². The van der Waals surface area contributed by atoms with E-state index < -0.39 is 5.82 Å². The van der Waals surface area contributed by atoms with Crippen LogP contribution in [0.15, 0.2) is 22.7 Å². The molecule has 4 saturated carbocycles. The van der Waals surface area contributed by atoms with Crippen LogP contribution in [0.2, 0.25) is 0 Å². The van der Waals surface area contributed by atoms with E-state index in [1.807, 2.05) is 0 Å². The molecule has 25 heavy (non-hydrogen) atoms. The second-order valence-corrected chi connectivity index (χ2v) is 9.54. The van der Waals surface area contributed by atoms with Crippen LogP contribution in [0.5, 0.6) is 0 Å². The Hall–Kier alpha value is -1.01. The van der Waals surface area contributed by atoms with E-state index in [2.05, 4.69) is 26.6 Å². The van der Waals surface area contributed by atoms with Crippen molar-refractivity contribution in [3.63, 3.8) is 0 Å². The Morgan fingerprint density at radius 2 is 1.80 bits per heavy atom. The molecule has 4 aliphatic carbocycles. The molecule has 1 aromatic rings. The molecule has 0 heterocycles. The first-order chi connectivity index (χ1) is 11.9. The molecule has 0 aliphatic heterocycles. The van der Waals surface area contributed by atoms with E-state index in [0.29, 0.717) is 10.9 Å². The number of hydrogen-bond acceptors (Lipinski definition) is 2. The van der Waals surface area contributed by atoms with Crippen LogP contribution in [0.4, 0.5) is 10.1 Å². The molecule has 1 aromatic carbocycles. The smallest absolute Gasteiger partial charge is 0.226 e. The fourth-order valence-corrected chi connectivity index (χ4v) is 6.32. The molecule has 4 bridgehead atoms. The fraction of sp³-hybridized carbons (Fsp3) is 0.579. The third kappa shape index (κ3) is 3.75. The van der Waals surface area contributed by atoms with Crippen molar-refractivity contribution < 1.29 is 9.18 Å². The second kappa shape index (κ2) is 6.62. The average Bonchev–Trinajstić information content (AvgIpc) is 2.47. The first-order valence-electron chi connectivity index (χ1n) is 8.97. The maximum atomic E-state index is 13.9. The highest BCUT2D eigenvalue weighted by Crippen LogP contribution is 2.61. The third-order valence-corrected chi connectivity index (χ3v) is 6.83. The first kappa shape index (κ1) is 17.4. The van der Waals surface area contributed by atoms with Gasteiger partial charge in [0.1, 0.15) is 5.82 Å². The Morgan fingerprint density at radius 1 is 1.20 bits per heavy atom. The van der Waals surface area contributed by atoms with Crippen molar-refractivity contribution >= 4 is 44.9 Å². The molecule has 1 amide bonds. The summed E-state index contributed by atoms with van der Waals surface area (Å²) >= 11 is 8.41. The molecule has 4 aliphatic rings. The van der Waals surface area contributed by atoms with Gasteiger partial charge in [-0.2, -0.15) is 0 Å². The molecule has 6 heteroatoms. The lowest BCUT2D eigenvalue weighted by Gasteiger charge is -2.56. The maximum absolute atomic E-state index is 13.9. The number of carbonyl (C=O) groups excluding carboxylic acids is 1. The summed E-state index contributed by atoms with van der Waals surface area (Å²) in [6, 6.07) is 4.68. The van der Waals surface area contributed by atoms with Crippen LogP contribution in [0.25, 0.3) is 0 Å². The Bertz CT molecular complexity index is 688. The van der Waals surface area contributed by atoms with Crippen LogP contribution in [-0.2, 0) is 4.79 Å². The van der Waals surface area contributed by atoms with Crippen molar-refractivity contribution in [1.82, 2.24) is 5.32 Å². The van der Waals surface area contributed by atoms with Gasteiger partial charge in [0.25, 0.3) is 0 Å². The van der Waals surface area contributed by atoms with Crippen LogP contribution in [0.3, 0.4) is 0 Å². The van der Waals surface area contributed by atoms with Crippen LogP contribution in [0, 0.1) is 29.0 Å². The average molecular weight is 425 g/mol. The summed E-state index contributed by atoms with van der Waals surface area (Å²) in [5, 5.41) is 5.69. The highest BCUT2D eigenvalue weighted by molar-refractivity contribution is 9.10. The lowest BCUT2D eigenvalue weighted by Crippen LogP contribution is -2.48. The summed E-state index contributed by atoms with van der Waals surface area (Å²) < 4.78 is 14.5. The number of benzene rings is 1. The van der Waals surface area contributed by atoms with Crippen LogP contribution < -0.4 is 10.6 Å². The quantitative estimate of drug-likeness (QED) is 0.670. The van der Waals surface area contributed by atoms with Gasteiger partial charge in [-0.15, -0.1) is 0 Å². The molecule has 0 radical (unpaired) electrons. The predicted molar refractivity (Wildman–Crippen MR) is 104 cm³/mol. The van der Waals surface area contributed by atoms with Gasteiger partial charge in [0.15, 0.2) is 5.11 Å². The second-order valence-electron chi connectivity index (χ2n) is 8.22. The van der Waals surface area contributed by atoms with Gasteiger partial charge in [0.2, 0.25) is 5.91 Å². The zero-order valence-electron chi connectivity index (χ0n) is 14.0. The summed E-state index contributed by atoms with van der Waals surface area (Å²) in [5.74, 6) is 2.01. The minimum absolute atomic E-state index is 0.0445. The van der Waals surface area contributed by atoms with Crippen molar-refractivity contribution in [1.29, 1.82) is 0 Å². The summed E-state index contributed by atoms with van der Waals surface area (Å²) in [5.41, 5.74) is 0.445. The normalized spacial score (nSPS) is 32.5. The molecule has 0 unspecified atom stereocenters. The third-order valence-electron chi connectivity index (χ3n) is 6.13. The molecular formula is C19H22BrFN2OS. The zero-order valence-corrected chi connectivity index (χ0v) is 16.4. The molecule has 5 rings (SSSR count). The molecular weight excluding hydrogens is 403 g/mol. The molecule has 0 saturated heterocycles. The fourth-order valence-electron chi connectivity index (χ4n) is 5.76. The van der Waals surface area contributed by atoms with Crippen molar-refractivity contribution in [2.45, 2.75) is 44.9 Å². The SMILES string of the molecule is O=C(CC12CC3CC(CC(C3)C1)C2)NC(=S)Nc1ccc(Br)cc1F. The number of nitrogens with one attached hydrogen (secondary N) is 2. The van der Waals surface area contributed by atoms with E-state index in [1.54, 1.807) is 12.1 Å². The van der Waals surface area contributed by atoms with Crippen molar-refractivity contribution in [3.05, 3.63) is 28.5 Å². The predicted octanol–water partition coefficient (Wildman–Crippen LogP) is 5.01. The molecule has 0 aromatic heterocycles. The van der Waals surface area contributed by atoms with Gasteiger partial charge < -0.3 is 10.6 Å². The van der Waals surface area contributed by atoms with Crippen molar-refractivity contribution in [3.8, 4) is 0 Å². The van der Waals surface area contributed by atoms with Gasteiger partial charge in [-0.05, 0) is 92.1 Å². The summed E-state index contributed by atoms with van der Waals surface area (Å²) in [6.07, 6.45) is 8.20. The van der Waals surface area contributed by atoms with Gasteiger partial charge in [0.05, 0.1) is 5.69 Å². The van der Waals surface area contributed by atoms with E-state index >= 15 is 0 Å². The monoisotopic (exact) mass is 424 g/mol. The van der Waals surface area contributed by atoms with Crippen LogP contribution in [-0.4, -0.2) is 11.0 Å². The Labute approximate surface area is 161 Å². The zero-order chi connectivity index (χ0) is 17.6. The minimum atomic E-state index is -0.410. The number of thiocarbonyl (C=S) groups is 1. The van der Waals surface area contributed by atoms with Gasteiger partial charge >= 0.3 is 0 Å². The standard InChI is InChI=1S/C19H22BrFN2OS/c20-14-1-2-16(15(21)6-14)22-18(25)23-17(24)10-19-7-11-3-12(8-19)5-13(4-11)9-19/h1-2,6,11-13H,3-5,7-10H2,(H2,22,23,24,25). The molecule has 0 atom stereocenters. The Balaban J connectivity index is 1.35. The molecule has 3 nitrogen and oxygen atoms in total. The first-order valence-corrected chi connectivity index (χ1v) is 10.2. The van der Waals surface area contributed by atoms with Gasteiger partial charge in [-0.25, -0.2) is 4.39 Å². The molecule has 4 fully saturated rings. The number of halogens is 2. The number of rotatable bonds is 3. The number of anilines is 1. The van der Waals surface area contributed by atoms with Crippen molar-refractivity contribution in [2.24, 2.45) is 23.2 Å². The number of hydrogen-bond donors (Lipinski definition) is 2. The van der Waals surface area contributed by atoms with E-state index in [1.165, 1.54) is 44.6 Å². The maximum Gasteiger partial charge on any atom is 0.226 e. The lowest BCUT2D eigenvalue weighted by atomic mass is 9.49. The molecule has 134 valence electrons. The summed E-state index contributed by atoms with van der Waals surface area (Å²) in [4.78, 5) is 12.5. The van der Waals surface area contributed by atoms with Crippen LogP contribution >= 0.6 is 28.1 Å².